The van der Waals surface area contributed by atoms with Crippen molar-refractivity contribution >= 4 is 27.6 Å². The molecule has 2 N–H and O–H groups in total. The Hall–Kier alpha value is -2.38. The normalized spacial score (nSPS) is 17.0. The summed E-state index contributed by atoms with van der Waals surface area (Å²) < 4.78 is 51.4. The quantitative estimate of drug-likeness (QED) is 0.601. The van der Waals surface area contributed by atoms with Crippen molar-refractivity contribution in [3.63, 3.8) is 0 Å². The number of aromatic nitrogens is 2. The Kier molecular flexibility index (Phi) is 7.24. The molecule has 0 saturated carbocycles. The molecule has 13 heteroatoms. The molecule has 1 fully saturated rings. The predicted molar refractivity (Wildman–Crippen MR) is 116 cm³/mol. The van der Waals surface area contributed by atoms with Gasteiger partial charge in [0.2, 0.25) is 0 Å². The van der Waals surface area contributed by atoms with Gasteiger partial charge in [0, 0.05) is 18.0 Å². The topological polar surface area (TPSA) is 104 Å². The fourth-order valence-corrected chi connectivity index (χ4v) is 4.82. The molecule has 1 unspecified atom stereocenters. The SMILES string of the molecule is Cc1c(CNNC(=O)OC(C)(C)C)sc2c1c(=O)n(CC(F)(F)F)c(=O)n2CC1CCCO1. The van der Waals surface area contributed by atoms with Crippen LogP contribution in [0.25, 0.3) is 10.2 Å². The number of rotatable bonds is 6. The minimum atomic E-state index is -4.73. The fourth-order valence-electron chi connectivity index (χ4n) is 3.58. The molecule has 3 heterocycles. The molecule has 2 aromatic rings. The summed E-state index contributed by atoms with van der Waals surface area (Å²) in [6.07, 6.45) is -4.29. The zero-order chi connectivity index (χ0) is 24.6. The molecule has 0 aliphatic carbocycles. The van der Waals surface area contributed by atoms with Crippen molar-refractivity contribution in [3.05, 3.63) is 31.3 Å². The predicted octanol–water partition coefficient (Wildman–Crippen LogP) is 2.80. The summed E-state index contributed by atoms with van der Waals surface area (Å²) in [5, 5.41) is 0.0518. The van der Waals surface area contributed by atoms with Crippen LogP contribution in [0.3, 0.4) is 0 Å². The molecule has 1 atom stereocenters. The number of nitrogens with one attached hydrogen (secondary N) is 2. The van der Waals surface area contributed by atoms with Crippen LogP contribution in [0.2, 0.25) is 0 Å². The molecule has 1 aliphatic heterocycles. The second kappa shape index (κ2) is 9.47. The lowest BCUT2D eigenvalue weighted by Gasteiger charge is -2.19. The fraction of sp³-hybridized carbons (Fsp3) is 0.650. The van der Waals surface area contributed by atoms with Crippen LogP contribution in [0.5, 0.6) is 0 Å². The van der Waals surface area contributed by atoms with Crippen LogP contribution in [-0.4, -0.2) is 39.7 Å². The third kappa shape index (κ3) is 6.15. The van der Waals surface area contributed by atoms with E-state index in [-0.39, 0.29) is 34.0 Å². The second-order valence-electron chi connectivity index (χ2n) is 8.85. The number of carbonyl (C=O) groups excluding carboxylic acids is 1. The average molecular weight is 493 g/mol. The molecule has 3 rings (SSSR count). The van der Waals surface area contributed by atoms with E-state index in [9.17, 15) is 27.6 Å². The maximum Gasteiger partial charge on any atom is 0.422 e. The second-order valence-corrected chi connectivity index (χ2v) is 9.93. The Bertz CT molecular complexity index is 1140. The highest BCUT2D eigenvalue weighted by Gasteiger charge is 2.32. The van der Waals surface area contributed by atoms with Crippen LogP contribution in [0, 0.1) is 6.92 Å². The summed E-state index contributed by atoms with van der Waals surface area (Å²) in [6, 6.07) is 0. The Morgan fingerprint density at radius 1 is 1.24 bits per heavy atom. The zero-order valence-corrected chi connectivity index (χ0v) is 19.6. The van der Waals surface area contributed by atoms with E-state index in [0.717, 1.165) is 17.8 Å². The van der Waals surface area contributed by atoms with Gasteiger partial charge in [-0.05, 0) is 46.1 Å². The van der Waals surface area contributed by atoms with Crippen LogP contribution in [0.1, 0.15) is 44.1 Å². The lowest BCUT2D eigenvalue weighted by molar-refractivity contribution is -0.142. The number of carbonyl (C=O) groups is 1. The molecule has 1 aliphatic rings. The highest BCUT2D eigenvalue weighted by molar-refractivity contribution is 7.18. The van der Waals surface area contributed by atoms with E-state index in [1.807, 2.05) is 0 Å². The summed E-state index contributed by atoms with van der Waals surface area (Å²) in [7, 11) is 0. The van der Waals surface area contributed by atoms with Crippen molar-refractivity contribution in [2.45, 2.75) is 78.1 Å². The van der Waals surface area contributed by atoms with Gasteiger partial charge in [0.05, 0.1) is 18.0 Å². The van der Waals surface area contributed by atoms with Gasteiger partial charge in [-0.3, -0.25) is 19.4 Å². The van der Waals surface area contributed by atoms with E-state index >= 15 is 0 Å². The minimum absolute atomic E-state index is 0.0518. The van der Waals surface area contributed by atoms with Gasteiger partial charge in [0.15, 0.2) is 0 Å². The monoisotopic (exact) mass is 492 g/mol. The van der Waals surface area contributed by atoms with Crippen molar-refractivity contribution in [2.75, 3.05) is 6.61 Å². The number of fused-ring (bicyclic) bond motifs is 1. The summed E-state index contributed by atoms with van der Waals surface area (Å²) in [4.78, 5) is 38.5. The van der Waals surface area contributed by atoms with E-state index in [1.54, 1.807) is 27.7 Å². The van der Waals surface area contributed by atoms with Crippen LogP contribution in [0.4, 0.5) is 18.0 Å². The Balaban J connectivity index is 1.98. The first kappa shape index (κ1) is 25.2. The maximum atomic E-state index is 13.1. The summed E-state index contributed by atoms with van der Waals surface area (Å²) in [5.41, 5.74) is 2.80. The Labute approximate surface area is 191 Å². The number of nitrogens with zero attached hydrogens (tertiary/aromatic N) is 2. The molecule has 1 amide bonds. The summed E-state index contributed by atoms with van der Waals surface area (Å²) in [6.45, 7) is 5.71. The minimum Gasteiger partial charge on any atom is -0.443 e. The van der Waals surface area contributed by atoms with E-state index in [1.165, 1.54) is 4.57 Å². The number of alkyl halides is 3. The lowest BCUT2D eigenvalue weighted by Crippen LogP contribution is -2.44. The van der Waals surface area contributed by atoms with Gasteiger partial charge in [-0.15, -0.1) is 11.3 Å². The number of hydrazine groups is 1. The molecule has 184 valence electrons. The third-order valence-corrected chi connectivity index (χ3v) is 6.29. The third-order valence-electron chi connectivity index (χ3n) is 4.98. The number of amides is 1. The number of aryl methyl sites for hydroxylation is 1. The molecular weight excluding hydrogens is 465 g/mol. The molecule has 33 heavy (non-hydrogen) atoms. The van der Waals surface area contributed by atoms with Crippen molar-refractivity contribution in [2.24, 2.45) is 0 Å². The molecule has 0 spiro atoms. The number of ether oxygens (including phenoxy) is 2. The van der Waals surface area contributed by atoms with E-state index in [0.29, 0.717) is 23.5 Å². The average Bonchev–Trinajstić information content (AvgIpc) is 3.28. The Morgan fingerprint density at radius 2 is 1.94 bits per heavy atom. The van der Waals surface area contributed by atoms with Crippen molar-refractivity contribution in [1.29, 1.82) is 0 Å². The van der Waals surface area contributed by atoms with Crippen molar-refractivity contribution in [3.8, 4) is 0 Å². The number of halogens is 3. The Morgan fingerprint density at radius 3 is 2.52 bits per heavy atom. The van der Waals surface area contributed by atoms with Crippen LogP contribution in [-0.2, 0) is 29.1 Å². The van der Waals surface area contributed by atoms with E-state index < -0.39 is 35.7 Å². The molecule has 9 nitrogen and oxygen atoms in total. The molecule has 2 aromatic heterocycles. The number of hydrogen-bond donors (Lipinski definition) is 2. The first-order valence-corrected chi connectivity index (χ1v) is 11.2. The first-order chi connectivity index (χ1) is 15.3. The summed E-state index contributed by atoms with van der Waals surface area (Å²) in [5.74, 6) is 0. The van der Waals surface area contributed by atoms with Crippen LogP contribution >= 0.6 is 11.3 Å². The van der Waals surface area contributed by atoms with Gasteiger partial charge in [-0.1, -0.05) is 0 Å². The molecular formula is C20H27F3N4O5S. The van der Waals surface area contributed by atoms with Gasteiger partial charge < -0.3 is 9.47 Å². The highest BCUT2D eigenvalue weighted by Crippen LogP contribution is 2.29. The summed E-state index contributed by atoms with van der Waals surface area (Å²) >= 11 is 1.11. The van der Waals surface area contributed by atoms with Gasteiger partial charge in [-0.2, -0.15) is 13.2 Å². The molecule has 0 radical (unpaired) electrons. The van der Waals surface area contributed by atoms with E-state index in [2.05, 4.69) is 10.9 Å². The molecule has 0 bridgehead atoms. The van der Waals surface area contributed by atoms with Gasteiger partial charge in [-0.25, -0.2) is 15.0 Å². The highest BCUT2D eigenvalue weighted by atomic mass is 32.1. The van der Waals surface area contributed by atoms with Gasteiger partial charge in [0.25, 0.3) is 5.56 Å². The smallest absolute Gasteiger partial charge is 0.422 e. The largest absolute Gasteiger partial charge is 0.443 e. The van der Waals surface area contributed by atoms with Crippen LogP contribution < -0.4 is 22.1 Å². The molecule has 0 aromatic carbocycles. The van der Waals surface area contributed by atoms with Crippen LogP contribution in [0.15, 0.2) is 9.59 Å². The zero-order valence-electron chi connectivity index (χ0n) is 18.8. The van der Waals surface area contributed by atoms with Gasteiger partial charge in [0.1, 0.15) is 17.0 Å². The molecule has 1 saturated heterocycles. The van der Waals surface area contributed by atoms with Gasteiger partial charge >= 0.3 is 18.0 Å². The standard InChI is InChI=1S/C20H27F3N4O5S/c1-11-13(8-24-25-17(29)32-19(2,3)4)33-16-14(11)15(28)27(10-20(21,22)23)18(30)26(16)9-12-6-5-7-31-12/h12,24H,5-10H2,1-4H3,(H,25,29). The van der Waals surface area contributed by atoms with Crippen molar-refractivity contribution in [1.82, 2.24) is 20.0 Å². The van der Waals surface area contributed by atoms with E-state index in [4.69, 9.17) is 9.47 Å². The van der Waals surface area contributed by atoms with Crippen molar-refractivity contribution < 1.29 is 27.4 Å². The number of hydrogen-bond acceptors (Lipinski definition) is 7. The number of thiophene rings is 1. The first-order valence-electron chi connectivity index (χ1n) is 10.4. The maximum absolute atomic E-state index is 13.1. The lowest BCUT2D eigenvalue weighted by atomic mass is 10.2.